The number of halogens is 2. The van der Waals surface area contributed by atoms with Gasteiger partial charge in [0.15, 0.2) is 0 Å². The van der Waals surface area contributed by atoms with Crippen LogP contribution in [0.2, 0.25) is 0 Å². The van der Waals surface area contributed by atoms with Gasteiger partial charge in [-0.15, -0.1) is 0 Å². The van der Waals surface area contributed by atoms with E-state index in [9.17, 15) is 0 Å². The molecule has 0 spiro atoms. The summed E-state index contributed by atoms with van der Waals surface area (Å²) in [7, 11) is 0. The zero-order chi connectivity index (χ0) is 18.1. The first-order chi connectivity index (χ1) is 12.6. The number of benzene rings is 2. The average molecular weight is 471 g/mol. The Balaban J connectivity index is 1.83. The molecular formula is C21H17Br2N3. The van der Waals surface area contributed by atoms with Gasteiger partial charge >= 0.3 is 0 Å². The van der Waals surface area contributed by atoms with Crippen molar-refractivity contribution in [3.8, 4) is 11.3 Å². The van der Waals surface area contributed by atoms with E-state index in [1.54, 1.807) is 0 Å². The standard InChI is InChI=1S/C21H17Br2N3/c22-16-8-4-13(5-9-16)12-15-2-1-3-18-19(25-21(24)26-20(15)18)14-6-10-17(23)11-7-14/h4-12H,1-3H2,(H2,24,25,26)/b15-12+. The van der Waals surface area contributed by atoms with E-state index in [4.69, 9.17) is 5.73 Å². The van der Waals surface area contributed by atoms with E-state index in [-0.39, 0.29) is 0 Å². The molecular weight excluding hydrogens is 454 g/mol. The molecule has 130 valence electrons. The van der Waals surface area contributed by atoms with E-state index >= 15 is 0 Å². The molecule has 3 aromatic rings. The number of nitrogen functional groups attached to an aromatic ring is 1. The van der Waals surface area contributed by atoms with Gasteiger partial charge in [-0.1, -0.05) is 56.1 Å². The molecule has 26 heavy (non-hydrogen) atoms. The Morgan fingerprint density at radius 2 is 1.42 bits per heavy atom. The third kappa shape index (κ3) is 3.60. The minimum absolute atomic E-state index is 0.324. The van der Waals surface area contributed by atoms with Gasteiger partial charge in [-0.25, -0.2) is 9.97 Å². The van der Waals surface area contributed by atoms with Gasteiger partial charge in [0, 0.05) is 20.1 Å². The van der Waals surface area contributed by atoms with E-state index in [1.165, 1.54) is 16.7 Å². The number of anilines is 1. The van der Waals surface area contributed by atoms with Crippen LogP contribution in [0, 0.1) is 0 Å². The predicted octanol–water partition coefficient (Wildman–Crippen LogP) is 6.13. The Labute approximate surface area is 169 Å². The fourth-order valence-corrected chi connectivity index (χ4v) is 3.85. The maximum absolute atomic E-state index is 6.06. The lowest BCUT2D eigenvalue weighted by Crippen LogP contribution is -2.11. The lowest BCUT2D eigenvalue weighted by Gasteiger charge is -2.21. The smallest absolute Gasteiger partial charge is 0.221 e. The van der Waals surface area contributed by atoms with E-state index in [0.29, 0.717) is 5.95 Å². The Hall–Kier alpha value is -1.98. The minimum Gasteiger partial charge on any atom is -0.368 e. The lowest BCUT2D eigenvalue weighted by molar-refractivity contribution is 0.806. The molecule has 1 heterocycles. The Kier molecular flexibility index (Phi) is 4.92. The number of nitrogens with two attached hydrogens (primary N) is 1. The first-order valence-corrected chi connectivity index (χ1v) is 10.1. The van der Waals surface area contributed by atoms with Crippen molar-refractivity contribution in [1.82, 2.24) is 9.97 Å². The minimum atomic E-state index is 0.324. The summed E-state index contributed by atoms with van der Waals surface area (Å²) < 4.78 is 2.13. The molecule has 2 N–H and O–H groups in total. The number of rotatable bonds is 2. The van der Waals surface area contributed by atoms with Crippen molar-refractivity contribution in [3.05, 3.63) is 74.3 Å². The third-order valence-corrected chi connectivity index (χ3v) is 5.59. The molecule has 2 aromatic carbocycles. The van der Waals surface area contributed by atoms with Gasteiger partial charge in [0.25, 0.3) is 0 Å². The van der Waals surface area contributed by atoms with E-state index in [1.807, 2.05) is 12.1 Å². The van der Waals surface area contributed by atoms with Gasteiger partial charge in [0.2, 0.25) is 5.95 Å². The van der Waals surface area contributed by atoms with Crippen molar-refractivity contribution in [1.29, 1.82) is 0 Å². The van der Waals surface area contributed by atoms with E-state index in [2.05, 4.69) is 84.3 Å². The first kappa shape index (κ1) is 17.4. The maximum Gasteiger partial charge on any atom is 0.221 e. The van der Waals surface area contributed by atoms with Crippen molar-refractivity contribution in [3.63, 3.8) is 0 Å². The molecule has 0 amide bonds. The molecule has 1 aliphatic rings. The van der Waals surface area contributed by atoms with Crippen molar-refractivity contribution in [2.45, 2.75) is 19.3 Å². The highest BCUT2D eigenvalue weighted by Gasteiger charge is 2.21. The Morgan fingerprint density at radius 3 is 2.12 bits per heavy atom. The van der Waals surface area contributed by atoms with Crippen LogP contribution < -0.4 is 5.73 Å². The Bertz CT molecular complexity index is 977. The highest BCUT2D eigenvalue weighted by atomic mass is 79.9. The van der Waals surface area contributed by atoms with Crippen molar-refractivity contribution < 1.29 is 0 Å². The first-order valence-electron chi connectivity index (χ1n) is 8.49. The molecule has 0 saturated carbocycles. The molecule has 0 radical (unpaired) electrons. The van der Waals surface area contributed by atoms with Crippen molar-refractivity contribution >= 4 is 49.5 Å². The summed E-state index contributed by atoms with van der Waals surface area (Å²) in [4.78, 5) is 9.15. The van der Waals surface area contributed by atoms with Crippen LogP contribution in [0.25, 0.3) is 22.9 Å². The summed E-state index contributed by atoms with van der Waals surface area (Å²) in [5.74, 6) is 0.324. The predicted molar refractivity (Wildman–Crippen MR) is 115 cm³/mol. The van der Waals surface area contributed by atoms with Gasteiger partial charge in [-0.05, 0) is 60.7 Å². The van der Waals surface area contributed by atoms with Gasteiger partial charge in [0.1, 0.15) is 0 Å². The van der Waals surface area contributed by atoms with Crippen LogP contribution in [0.15, 0.2) is 57.5 Å². The molecule has 0 atom stereocenters. The zero-order valence-electron chi connectivity index (χ0n) is 14.0. The van der Waals surface area contributed by atoms with Crippen LogP contribution in [0.5, 0.6) is 0 Å². The summed E-state index contributed by atoms with van der Waals surface area (Å²) in [5.41, 5.74) is 12.6. The second-order valence-corrected chi connectivity index (χ2v) is 8.17. The van der Waals surface area contributed by atoms with Gasteiger partial charge in [-0.2, -0.15) is 0 Å². The molecule has 0 fully saturated rings. The average Bonchev–Trinajstić information content (AvgIpc) is 2.64. The number of fused-ring (bicyclic) bond motifs is 1. The number of nitrogens with zero attached hydrogens (tertiary/aromatic N) is 2. The topological polar surface area (TPSA) is 51.8 Å². The second kappa shape index (κ2) is 7.33. The summed E-state index contributed by atoms with van der Waals surface area (Å²) in [6, 6.07) is 16.5. The molecule has 1 aliphatic carbocycles. The van der Waals surface area contributed by atoms with Crippen LogP contribution >= 0.6 is 31.9 Å². The van der Waals surface area contributed by atoms with E-state index in [0.717, 1.165) is 45.2 Å². The van der Waals surface area contributed by atoms with Crippen molar-refractivity contribution in [2.75, 3.05) is 5.73 Å². The number of allylic oxidation sites excluding steroid dienone is 1. The quantitative estimate of drug-likeness (QED) is 0.490. The SMILES string of the molecule is Nc1nc2c(c(-c3ccc(Br)cc3)n1)CCC/C2=C\c1ccc(Br)cc1. The van der Waals surface area contributed by atoms with Crippen LogP contribution in [-0.2, 0) is 6.42 Å². The summed E-state index contributed by atoms with van der Waals surface area (Å²) >= 11 is 6.97. The largest absolute Gasteiger partial charge is 0.368 e. The van der Waals surface area contributed by atoms with Crippen LogP contribution in [-0.4, -0.2) is 9.97 Å². The zero-order valence-corrected chi connectivity index (χ0v) is 17.2. The Morgan fingerprint density at radius 1 is 0.808 bits per heavy atom. The monoisotopic (exact) mass is 469 g/mol. The number of aromatic nitrogens is 2. The van der Waals surface area contributed by atoms with E-state index < -0.39 is 0 Å². The van der Waals surface area contributed by atoms with Gasteiger partial charge in [-0.3, -0.25) is 0 Å². The summed E-state index contributed by atoms with van der Waals surface area (Å²) in [6.45, 7) is 0. The summed E-state index contributed by atoms with van der Waals surface area (Å²) in [5, 5.41) is 0. The molecule has 1 aromatic heterocycles. The highest BCUT2D eigenvalue weighted by molar-refractivity contribution is 9.10. The highest BCUT2D eigenvalue weighted by Crippen LogP contribution is 2.36. The molecule has 0 unspecified atom stereocenters. The molecule has 0 aliphatic heterocycles. The molecule has 0 bridgehead atoms. The van der Waals surface area contributed by atoms with Crippen LogP contribution in [0.4, 0.5) is 5.95 Å². The third-order valence-electron chi connectivity index (χ3n) is 4.53. The molecule has 0 saturated heterocycles. The fourth-order valence-electron chi connectivity index (χ4n) is 3.32. The number of hydrogen-bond donors (Lipinski definition) is 1. The molecule has 5 heteroatoms. The number of hydrogen-bond acceptors (Lipinski definition) is 3. The molecule has 3 nitrogen and oxygen atoms in total. The summed E-state index contributed by atoms with van der Waals surface area (Å²) in [6.07, 6.45) is 5.27. The van der Waals surface area contributed by atoms with Crippen LogP contribution in [0.1, 0.15) is 29.7 Å². The van der Waals surface area contributed by atoms with Gasteiger partial charge < -0.3 is 5.73 Å². The van der Waals surface area contributed by atoms with Crippen LogP contribution in [0.3, 0.4) is 0 Å². The maximum atomic E-state index is 6.06. The fraction of sp³-hybridized carbons (Fsp3) is 0.143. The normalized spacial score (nSPS) is 15.1. The van der Waals surface area contributed by atoms with Gasteiger partial charge in [0.05, 0.1) is 11.4 Å². The van der Waals surface area contributed by atoms with Crippen molar-refractivity contribution in [2.24, 2.45) is 0 Å². The lowest BCUT2D eigenvalue weighted by atomic mass is 9.88. The second-order valence-electron chi connectivity index (χ2n) is 6.34. The molecule has 4 rings (SSSR count).